The molecular weight excluding hydrogens is 450 g/mol. The zero-order chi connectivity index (χ0) is 25.8. The Balaban J connectivity index is 1.46. The van der Waals surface area contributed by atoms with Gasteiger partial charge < -0.3 is 29.4 Å². The van der Waals surface area contributed by atoms with Crippen LogP contribution in [-0.4, -0.2) is 71.9 Å². The van der Waals surface area contributed by atoms with E-state index in [4.69, 9.17) is 18.9 Å². The number of hydrogen-bond donors (Lipinski definition) is 2. The molecule has 9 unspecified atom stereocenters. The number of ether oxygens (including phenoxy) is 4. The molecule has 1 amide bonds. The molecule has 3 aliphatic heterocycles. The SMILES string of the molecule is CC(=O)OC(C)/C=C\C(=O)NC1CC(C)C(C/C=C(C)/C=C/C2OCCC3(OC3C)C2O)OC1C. The van der Waals surface area contributed by atoms with Crippen molar-refractivity contribution in [1.82, 2.24) is 5.32 Å². The number of aliphatic hydroxyl groups is 1. The van der Waals surface area contributed by atoms with E-state index in [0.29, 0.717) is 6.61 Å². The third kappa shape index (κ3) is 7.26. The lowest BCUT2D eigenvalue weighted by Crippen LogP contribution is -2.50. The number of esters is 1. The second-order valence-corrected chi connectivity index (χ2v) is 10.2. The van der Waals surface area contributed by atoms with E-state index >= 15 is 0 Å². The van der Waals surface area contributed by atoms with Gasteiger partial charge >= 0.3 is 5.97 Å². The first kappa shape index (κ1) is 27.6. The fourth-order valence-electron chi connectivity index (χ4n) is 4.98. The summed E-state index contributed by atoms with van der Waals surface area (Å²) in [6.07, 6.45) is 9.88. The number of epoxide rings is 1. The Hall–Kier alpha value is -2.00. The molecule has 0 aromatic heterocycles. The van der Waals surface area contributed by atoms with Gasteiger partial charge in [-0.1, -0.05) is 30.7 Å². The van der Waals surface area contributed by atoms with Gasteiger partial charge in [0.2, 0.25) is 5.91 Å². The van der Waals surface area contributed by atoms with Crippen LogP contribution in [0.25, 0.3) is 0 Å². The summed E-state index contributed by atoms with van der Waals surface area (Å²) < 4.78 is 22.7. The van der Waals surface area contributed by atoms with Crippen molar-refractivity contribution in [2.24, 2.45) is 5.92 Å². The molecule has 0 aromatic rings. The van der Waals surface area contributed by atoms with Crippen molar-refractivity contribution in [2.75, 3.05) is 6.61 Å². The molecule has 3 heterocycles. The fourth-order valence-corrected chi connectivity index (χ4v) is 4.98. The van der Waals surface area contributed by atoms with Crippen molar-refractivity contribution in [3.63, 3.8) is 0 Å². The minimum atomic E-state index is -0.648. The van der Waals surface area contributed by atoms with Gasteiger partial charge in [0.25, 0.3) is 0 Å². The Morgan fingerprint density at radius 1 is 1.23 bits per heavy atom. The highest BCUT2D eigenvalue weighted by Crippen LogP contribution is 2.46. The predicted molar refractivity (Wildman–Crippen MR) is 132 cm³/mol. The molecule has 9 atom stereocenters. The van der Waals surface area contributed by atoms with Crippen LogP contribution in [0.1, 0.15) is 60.8 Å². The number of allylic oxidation sites excluding steroid dienone is 2. The minimum Gasteiger partial charge on any atom is -0.459 e. The van der Waals surface area contributed by atoms with E-state index in [2.05, 4.69) is 18.3 Å². The van der Waals surface area contributed by atoms with Crippen LogP contribution in [0.2, 0.25) is 0 Å². The van der Waals surface area contributed by atoms with Gasteiger partial charge in [0.05, 0.1) is 31.0 Å². The van der Waals surface area contributed by atoms with Gasteiger partial charge in [-0.3, -0.25) is 9.59 Å². The number of aliphatic hydroxyl groups excluding tert-OH is 1. The molecule has 3 aliphatic rings. The van der Waals surface area contributed by atoms with Crippen molar-refractivity contribution in [2.45, 2.75) is 109 Å². The van der Waals surface area contributed by atoms with Crippen LogP contribution in [0.4, 0.5) is 0 Å². The van der Waals surface area contributed by atoms with Crippen molar-refractivity contribution in [3.05, 3.63) is 36.0 Å². The lowest BCUT2D eigenvalue weighted by Gasteiger charge is -2.39. The lowest BCUT2D eigenvalue weighted by molar-refractivity contribution is -0.143. The van der Waals surface area contributed by atoms with Crippen LogP contribution in [-0.2, 0) is 28.5 Å². The highest BCUT2D eigenvalue weighted by Gasteiger charge is 2.61. The maximum Gasteiger partial charge on any atom is 0.303 e. The van der Waals surface area contributed by atoms with Crippen molar-refractivity contribution in [1.29, 1.82) is 0 Å². The quantitative estimate of drug-likeness (QED) is 0.233. The van der Waals surface area contributed by atoms with E-state index < -0.39 is 17.8 Å². The van der Waals surface area contributed by atoms with Gasteiger partial charge in [-0.15, -0.1) is 0 Å². The number of nitrogens with one attached hydrogen (secondary N) is 1. The van der Waals surface area contributed by atoms with Crippen LogP contribution in [0.5, 0.6) is 0 Å². The molecule has 196 valence electrons. The summed E-state index contributed by atoms with van der Waals surface area (Å²) in [4.78, 5) is 23.3. The van der Waals surface area contributed by atoms with Gasteiger partial charge in [-0.25, -0.2) is 0 Å². The monoisotopic (exact) mass is 491 g/mol. The van der Waals surface area contributed by atoms with E-state index in [0.717, 1.165) is 24.8 Å². The first-order valence-corrected chi connectivity index (χ1v) is 12.7. The van der Waals surface area contributed by atoms with E-state index in [-0.39, 0.29) is 48.3 Å². The van der Waals surface area contributed by atoms with Crippen LogP contribution in [0.3, 0.4) is 0 Å². The third-order valence-corrected chi connectivity index (χ3v) is 7.28. The van der Waals surface area contributed by atoms with E-state index in [1.165, 1.54) is 13.0 Å². The molecule has 1 spiro atoms. The second kappa shape index (κ2) is 11.8. The van der Waals surface area contributed by atoms with Gasteiger partial charge in [0, 0.05) is 19.4 Å². The van der Waals surface area contributed by atoms with Crippen molar-refractivity contribution in [3.8, 4) is 0 Å². The second-order valence-electron chi connectivity index (χ2n) is 10.2. The topological polar surface area (TPSA) is 107 Å². The van der Waals surface area contributed by atoms with E-state index in [1.54, 1.807) is 13.0 Å². The maximum absolute atomic E-state index is 12.3. The van der Waals surface area contributed by atoms with Crippen LogP contribution in [0, 0.1) is 5.92 Å². The molecule has 35 heavy (non-hydrogen) atoms. The summed E-state index contributed by atoms with van der Waals surface area (Å²) in [6.45, 7) is 11.8. The summed E-state index contributed by atoms with van der Waals surface area (Å²) in [5.41, 5.74) is 0.644. The molecule has 8 nitrogen and oxygen atoms in total. The van der Waals surface area contributed by atoms with Crippen LogP contribution < -0.4 is 5.32 Å². The standard InChI is InChI=1S/C27H41NO7/c1-16(8-11-24-26(31)27(13-14-32-24)20(5)35-27)7-10-23-17(2)15-22(19(4)34-23)28-25(30)12-9-18(3)33-21(6)29/h7-9,11-12,17-20,22-24,26,31H,10,13-15H2,1-6H3,(H,28,30)/b11-8+,12-9-,16-7+. The lowest BCUT2D eigenvalue weighted by atomic mass is 9.87. The van der Waals surface area contributed by atoms with E-state index in [1.807, 2.05) is 32.9 Å². The van der Waals surface area contributed by atoms with Gasteiger partial charge in [0.15, 0.2) is 0 Å². The Bertz CT molecular complexity index is 852. The maximum atomic E-state index is 12.3. The Morgan fingerprint density at radius 2 is 1.94 bits per heavy atom. The molecule has 3 fully saturated rings. The number of carbonyl (C=O) groups excluding carboxylic acids is 2. The molecular formula is C27H41NO7. The number of rotatable bonds is 8. The van der Waals surface area contributed by atoms with Crippen LogP contribution in [0.15, 0.2) is 36.0 Å². The molecule has 0 bridgehead atoms. The highest BCUT2D eigenvalue weighted by molar-refractivity contribution is 5.87. The summed E-state index contributed by atoms with van der Waals surface area (Å²) in [5, 5.41) is 13.6. The molecule has 0 saturated carbocycles. The first-order chi connectivity index (χ1) is 16.5. The predicted octanol–water partition coefficient (Wildman–Crippen LogP) is 2.99. The molecule has 3 rings (SSSR count). The summed E-state index contributed by atoms with van der Waals surface area (Å²) in [7, 11) is 0. The molecule has 2 N–H and O–H groups in total. The molecule has 0 radical (unpaired) electrons. The summed E-state index contributed by atoms with van der Waals surface area (Å²) in [5.74, 6) is -0.339. The average molecular weight is 492 g/mol. The minimum absolute atomic E-state index is 0.0570. The Morgan fingerprint density at radius 3 is 2.60 bits per heavy atom. The smallest absolute Gasteiger partial charge is 0.303 e. The molecule has 3 saturated heterocycles. The molecule has 8 heteroatoms. The summed E-state index contributed by atoms with van der Waals surface area (Å²) >= 11 is 0. The largest absolute Gasteiger partial charge is 0.459 e. The first-order valence-electron chi connectivity index (χ1n) is 12.7. The molecule has 0 aromatic carbocycles. The zero-order valence-electron chi connectivity index (χ0n) is 21.7. The Kier molecular flexibility index (Phi) is 9.32. The average Bonchev–Trinajstić information content (AvgIpc) is 3.43. The van der Waals surface area contributed by atoms with E-state index in [9.17, 15) is 14.7 Å². The fraction of sp³-hybridized carbons (Fsp3) is 0.704. The van der Waals surface area contributed by atoms with Crippen molar-refractivity contribution < 1.29 is 33.6 Å². The Labute approximate surface area is 208 Å². The van der Waals surface area contributed by atoms with Gasteiger partial charge in [-0.2, -0.15) is 0 Å². The zero-order valence-corrected chi connectivity index (χ0v) is 21.7. The van der Waals surface area contributed by atoms with Crippen LogP contribution >= 0.6 is 0 Å². The number of amides is 1. The number of hydrogen-bond acceptors (Lipinski definition) is 7. The third-order valence-electron chi connectivity index (χ3n) is 7.28. The van der Waals surface area contributed by atoms with Gasteiger partial charge in [-0.05, 0) is 52.5 Å². The normalized spacial score (nSPS) is 38.6. The summed E-state index contributed by atoms with van der Waals surface area (Å²) in [6, 6.07) is -0.0864. The molecule has 0 aliphatic carbocycles. The van der Waals surface area contributed by atoms with Crippen molar-refractivity contribution >= 4 is 11.9 Å². The highest BCUT2D eigenvalue weighted by atomic mass is 16.6. The van der Waals surface area contributed by atoms with Gasteiger partial charge in [0.1, 0.15) is 23.9 Å². The number of carbonyl (C=O) groups is 2.